The first-order chi connectivity index (χ1) is 14.8. The molecule has 3 aromatic carbocycles. The van der Waals surface area contributed by atoms with Gasteiger partial charge in [-0.15, -0.1) is 0 Å². The number of hydrogen-bond acceptors (Lipinski definition) is 3. The van der Waals surface area contributed by atoms with Crippen molar-refractivity contribution in [3.8, 4) is 29.0 Å². The Hall–Kier alpha value is -4.02. The van der Waals surface area contributed by atoms with Crippen molar-refractivity contribution in [3.63, 3.8) is 0 Å². The number of nitrogens with one attached hydrogen (secondary N) is 1. The van der Waals surface area contributed by atoms with Gasteiger partial charge in [0.25, 0.3) is 0 Å². The number of rotatable bonds is 4. The van der Waals surface area contributed by atoms with Gasteiger partial charge in [-0.25, -0.2) is 4.79 Å². The second kappa shape index (κ2) is 8.99. The molecule has 1 aliphatic carbocycles. The highest BCUT2D eigenvalue weighted by atomic mass is 16.5. The minimum atomic E-state index is -0.440. The van der Waals surface area contributed by atoms with Crippen molar-refractivity contribution >= 4 is 6.09 Å². The fourth-order valence-electron chi connectivity index (χ4n) is 3.71. The lowest BCUT2D eigenvalue weighted by atomic mass is 9.98. The molecule has 0 saturated heterocycles. The Bertz CT molecular complexity index is 1140. The van der Waals surface area contributed by atoms with Crippen LogP contribution in [0.4, 0.5) is 4.79 Å². The number of nitriles is 1. The standard InChI is InChI=1S/C26H20N2O2/c27-17-20-10-7-9-19(16-20)8-5-6-15-28-26(29)30-18-25-23-13-3-1-11-21(23)22-12-2-4-14-24(22)25/h1-4,7,9-14,16,25H,6,15,18H2,(H,28,29). The van der Waals surface area contributed by atoms with Crippen LogP contribution in [0.25, 0.3) is 11.1 Å². The molecule has 3 aromatic rings. The molecular formula is C26H20N2O2. The van der Waals surface area contributed by atoms with Crippen LogP contribution in [0.15, 0.2) is 72.8 Å². The number of benzene rings is 3. The molecule has 1 amide bonds. The third-order valence-corrected chi connectivity index (χ3v) is 5.09. The minimum absolute atomic E-state index is 0.0513. The normalized spacial score (nSPS) is 11.4. The van der Waals surface area contributed by atoms with Crippen LogP contribution in [0, 0.1) is 23.2 Å². The Balaban J connectivity index is 1.29. The minimum Gasteiger partial charge on any atom is -0.449 e. The van der Waals surface area contributed by atoms with Gasteiger partial charge in [-0.3, -0.25) is 0 Å². The van der Waals surface area contributed by atoms with Crippen molar-refractivity contribution in [2.75, 3.05) is 13.2 Å². The van der Waals surface area contributed by atoms with Gasteiger partial charge in [0.15, 0.2) is 0 Å². The Kier molecular flexibility index (Phi) is 5.78. The Morgan fingerprint density at radius 1 is 0.933 bits per heavy atom. The molecule has 1 N–H and O–H groups in total. The predicted molar refractivity (Wildman–Crippen MR) is 116 cm³/mol. The summed E-state index contributed by atoms with van der Waals surface area (Å²) in [6.45, 7) is 0.702. The van der Waals surface area contributed by atoms with Gasteiger partial charge < -0.3 is 10.1 Å². The molecule has 4 nitrogen and oxygen atoms in total. The van der Waals surface area contributed by atoms with Crippen LogP contribution in [-0.4, -0.2) is 19.2 Å². The van der Waals surface area contributed by atoms with Crippen molar-refractivity contribution in [1.29, 1.82) is 5.26 Å². The first-order valence-corrected chi connectivity index (χ1v) is 9.84. The van der Waals surface area contributed by atoms with E-state index in [4.69, 9.17) is 10.00 Å². The number of hydrogen-bond donors (Lipinski definition) is 1. The summed E-state index contributed by atoms with van der Waals surface area (Å²) in [4.78, 5) is 12.1. The molecule has 30 heavy (non-hydrogen) atoms. The molecule has 0 atom stereocenters. The summed E-state index contributed by atoms with van der Waals surface area (Å²) >= 11 is 0. The van der Waals surface area contributed by atoms with Gasteiger partial charge in [-0.05, 0) is 40.5 Å². The number of amides is 1. The predicted octanol–water partition coefficient (Wildman–Crippen LogP) is 4.84. The number of carbonyl (C=O) groups excluding carboxylic acids is 1. The lowest BCUT2D eigenvalue weighted by Crippen LogP contribution is -2.26. The summed E-state index contributed by atoms with van der Waals surface area (Å²) in [5.41, 5.74) is 6.17. The van der Waals surface area contributed by atoms with Gasteiger partial charge >= 0.3 is 6.09 Å². The number of carbonyl (C=O) groups is 1. The van der Waals surface area contributed by atoms with E-state index in [1.807, 2.05) is 30.3 Å². The molecule has 0 bridgehead atoms. The van der Waals surface area contributed by atoms with Gasteiger partial charge in [0.2, 0.25) is 0 Å². The van der Waals surface area contributed by atoms with E-state index >= 15 is 0 Å². The largest absolute Gasteiger partial charge is 0.449 e. The van der Waals surface area contributed by atoms with E-state index < -0.39 is 6.09 Å². The Morgan fingerprint density at radius 2 is 1.60 bits per heavy atom. The molecule has 0 spiro atoms. The van der Waals surface area contributed by atoms with Gasteiger partial charge in [0.05, 0.1) is 11.6 Å². The van der Waals surface area contributed by atoms with E-state index in [1.54, 1.807) is 18.2 Å². The molecule has 0 aromatic heterocycles. The van der Waals surface area contributed by atoms with Crippen molar-refractivity contribution in [2.24, 2.45) is 0 Å². The van der Waals surface area contributed by atoms with Crippen LogP contribution in [0.1, 0.15) is 34.6 Å². The molecule has 0 heterocycles. The summed E-state index contributed by atoms with van der Waals surface area (Å²) < 4.78 is 5.50. The second-order valence-electron chi connectivity index (χ2n) is 7.00. The highest BCUT2D eigenvalue weighted by molar-refractivity contribution is 5.79. The van der Waals surface area contributed by atoms with Crippen LogP contribution < -0.4 is 5.32 Å². The zero-order valence-electron chi connectivity index (χ0n) is 16.4. The first-order valence-electron chi connectivity index (χ1n) is 9.84. The van der Waals surface area contributed by atoms with Gasteiger partial charge in [0, 0.05) is 24.4 Å². The maximum absolute atomic E-state index is 12.1. The molecular weight excluding hydrogens is 372 g/mol. The van der Waals surface area contributed by atoms with Gasteiger partial charge in [-0.1, -0.05) is 66.4 Å². The molecule has 0 radical (unpaired) electrons. The molecule has 0 fully saturated rings. The quantitative estimate of drug-likeness (QED) is 0.511. The van der Waals surface area contributed by atoms with Crippen molar-refractivity contribution in [2.45, 2.75) is 12.3 Å². The molecule has 0 aliphatic heterocycles. The highest BCUT2D eigenvalue weighted by Gasteiger charge is 2.28. The summed E-state index contributed by atoms with van der Waals surface area (Å²) in [6.07, 6.45) is 0.0613. The summed E-state index contributed by atoms with van der Waals surface area (Å²) in [7, 11) is 0. The molecule has 0 unspecified atom stereocenters. The SMILES string of the molecule is N#Cc1cccc(C#CCCNC(=O)OCC2c3ccccc3-c3ccccc32)c1. The fourth-order valence-corrected chi connectivity index (χ4v) is 3.71. The monoisotopic (exact) mass is 392 g/mol. The van der Waals surface area contributed by atoms with Crippen molar-refractivity contribution in [3.05, 3.63) is 95.1 Å². The fraction of sp³-hybridized carbons (Fsp3) is 0.154. The third-order valence-electron chi connectivity index (χ3n) is 5.09. The lowest BCUT2D eigenvalue weighted by molar-refractivity contribution is 0.143. The number of alkyl carbamates (subject to hydrolysis) is 1. The summed E-state index contributed by atoms with van der Waals surface area (Å²) in [6, 6.07) is 25.7. The van der Waals surface area contributed by atoms with E-state index in [0.717, 1.165) is 5.56 Å². The zero-order valence-corrected chi connectivity index (χ0v) is 16.4. The van der Waals surface area contributed by atoms with Crippen molar-refractivity contribution < 1.29 is 9.53 Å². The molecule has 1 aliphatic rings. The number of fused-ring (bicyclic) bond motifs is 3. The highest BCUT2D eigenvalue weighted by Crippen LogP contribution is 2.44. The van der Waals surface area contributed by atoms with Gasteiger partial charge in [-0.2, -0.15) is 5.26 Å². The van der Waals surface area contributed by atoms with Crippen LogP contribution >= 0.6 is 0 Å². The Labute approximate surface area is 176 Å². The topological polar surface area (TPSA) is 62.1 Å². The maximum atomic E-state index is 12.1. The summed E-state index contributed by atoms with van der Waals surface area (Å²) in [5.74, 6) is 6.05. The van der Waals surface area contributed by atoms with Crippen molar-refractivity contribution in [1.82, 2.24) is 5.32 Å². The van der Waals surface area contributed by atoms with E-state index in [0.29, 0.717) is 25.1 Å². The average Bonchev–Trinajstić information content (AvgIpc) is 3.11. The van der Waals surface area contributed by atoms with Crippen LogP contribution in [0.3, 0.4) is 0 Å². The van der Waals surface area contributed by atoms with Crippen LogP contribution in [-0.2, 0) is 4.74 Å². The van der Waals surface area contributed by atoms with Crippen LogP contribution in [0.5, 0.6) is 0 Å². The average molecular weight is 392 g/mol. The first kappa shape index (κ1) is 19.3. The van der Waals surface area contributed by atoms with Gasteiger partial charge in [0.1, 0.15) is 6.61 Å². The number of nitrogens with zero attached hydrogens (tertiary/aromatic N) is 1. The number of ether oxygens (including phenoxy) is 1. The second-order valence-corrected chi connectivity index (χ2v) is 7.00. The molecule has 4 rings (SSSR count). The zero-order chi connectivity index (χ0) is 20.8. The van der Waals surface area contributed by atoms with E-state index in [2.05, 4.69) is 47.5 Å². The van der Waals surface area contributed by atoms with E-state index in [-0.39, 0.29) is 5.92 Å². The molecule has 0 saturated carbocycles. The smallest absolute Gasteiger partial charge is 0.407 e. The third kappa shape index (κ3) is 4.19. The lowest BCUT2D eigenvalue weighted by Gasteiger charge is -2.14. The van der Waals surface area contributed by atoms with E-state index in [9.17, 15) is 4.79 Å². The summed E-state index contributed by atoms with van der Waals surface area (Å²) in [5, 5.41) is 11.7. The molecule has 146 valence electrons. The van der Waals surface area contributed by atoms with Crippen LogP contribution in [0.2, 0.25) is 0 Å². The molecule has 4 heteroatoms. The van der Waals surface area contributed by atoms with E-state index in [1.165, 1.54) is 22.3 Å². The Morgan fingerprint density at radius 3 is 2.30 bits per heavy atom. The maximum Gasteiger partial charge on any atom is 0.407 e.